The molecule has 1 fully saturated rings. The molecule has 1 atom stereocenters. The lowest BCUT2D eigenvalue weighted by Gasteiger charge is -2.19. The van der Waals surface area contributed by atoms with Crippen molar-refractivity contribution in [2.75, 3.05) is 13.7 Å². The highest BCUT2D eigenvalue weighted by Gasteiger charge is 2.29. The van der Waals surface area contributed by atoms with Crippen molar-refractivity contribution in [1.82, 2.24) is 10.4 Å². The van der Waals surface area contributed by atoms with Crippen molar-refractivity contribution in [2.24, 2.45) is 0 Å². The molecule has 1 heterocycles. The van der Waals surface area contributed by atoms with Gasteiger partial charge in [0.1, 0.15) is 11.6 Å². The maximum absolute atomic E-state index is 13.3. The monoisotopic (exact) mass is 328 g/mol. The van der Waals surface area contributed by atoms with E-state index in [0.717, 1.165) is 11.8 Å². The molecule has 0 aliphatic carbocycles. The largest absolute Gasteiger partial charge is 0.497 e. The zero-order chi connectivity index (χ0) is 17.1. The van der Waals surface area contributed by atoms with Crippen molar-refractivity contribution in [2.45, 2.75) is 12.5 Å². The van der Waals surface area contributed by atoms with Crippen molar-refractivity contribution < 1.29 is 18.7 Å². The second-order valence-corrected chi connectivity index (χ2v) is 5.55. The Kier molecular flexibility index (Phi) is 4.57. The Morgan fingerprint density at radius 1 is 1.33 bits per heavy atom. The number of hydrogen-bond donors (Lipinski definition) is 1. The first kappa shape index (κ1) is 16.1. The number of carbonyl (C=O) groups excluding carboxylic acids is 2. The second kappa shape index (κ2) is 6.80. The van der Waals surface area contributed by atoms with Gasteiger partial charge in [-0.2, -0.15) is 0 Å². The number of methoxy groups -OCH3 is 1. The summed E-state index contributed by atoms with van der Waals surface area (Å²) in [6.07, 6.45) is 1.44. The molecule has 24 heavy (non-hydrogen) atoms. The SMILES string of the molecule is COc1ccc(C2CCN(C(=O)c3cccc(F)c3)N2)c(C=O)c1. The van der Waals surface area contributed by atoms with Crippen LogP contribution in [-0.2, 0) is 0 Å². The number of ether oxygens (including phenoxy) is 1. The van der Waals surface area contributed by atoms with Crippen LogP contribution in [0.15, 0.2) is 42.5 Å². The molecule has 1 aliphatic rings. The van der Waals surface area contributed by atoms with E-state index in [4.69, 9.17) is 4.74 Å². The third-order valence-corrected chi connectivity index (χ3v) is 4.07. The van der Waals surface area contributed by atoms with E-state index in [1.165, 1.54) is 30.3 Å². The summed E-state index contributed by atoms with van der Waals surface area (Å²) >= 11 is 0. The van der Waals surface area contributed by atoms with Crippen LogP contribution in [0.4, 0.5) is 4.39 Å². The predicted octanol–water partition coefficient (Wildman–Crippen LogP) is 2.74. The normalized spacial score (nSPS) is 16.9. The molecule has 0 radical (unpaired) electrons. The van der Waals surface area contributed by atoms with Crippen LogP contribution in [0.25, 0.3) is 0 Å². The first-order chi connectivity index (χ1) is 11.6. The summed E-state index contributed by atoms with van der Waals surface area (Å²) in [5.41, 5.74) is 4.71. The fourth-order valence-corrected chi connectivity index (χ4v) is 2.84. The van der Waals surface area contributed by atoms with Crippen molar-refractivity contribution in [3.05, 3.63) is 65.0 Å². The molecule has 1 saturated heterocycles. The lowest BCUT2D eigenvalue weighted by Crippen LogP contribution is -2.38. The molecule has 0 spiro atoms. The van der Waals surface area contributed by atoms with Crippen molar-refractivity contribution in [3.63, 3.8) is 0 Å². The lowest BCUT2D eigenvalue weighted by molar-refractivity contribution is 0.0712. The van der Waals surface area contributed by atoms with E-state index >= 15 is 0 Å². The molecule has 0 bridgehead atoms. The van der Waals surface area contributed by atoms with Gasteiger partial charge in [0.15, 0.2) is 6.29 Å². The molecular weight excluding hydrogens is 311 g/mol. The molecule has 1 N–H and O–H groups in total. The molecule has 6 heteroatoms. The first-order valence-electron chi connectivity index (χ1n) is 7.59. The van der Waals surface area contributed by atoms with Gasteiger partial charge < -0.3 is 4.74 Å². The van der Waals surface area contributed by atoms with E-state index in [1.807, 2.05) is 6.07 Å². The zero-order valence-corrected chi connectivity index (χ0v) is 13.2. The van der Waals surface area contributed by atoms with Crippen LogP contribution < -0.4 is 10.2 Å². The molecular formula is C18H17FN2O3. The van der Waals surface area contributed by atoms with Crippen LogP contribution in [0.3, 0.4) is 0 Å². The minimum Gasteiger partial charge on any atom is -0.497 e. The smallest absolute Gasteiger partial charge is 0.268 e. The summed E-state index contributed by atoms with van der Waals surface area (Å²) in [6, 6.07) is 10.7. The first-order valence-corrected chi connectivity index (χ1v) is 7.59. The van der Waals surface area contributed by atoms with Crippen LogP contribution in [0, 0.1) is 5.82 Å². The van der Waals surface area contributed by atoms with Gasteiger partial charge in [0.05, 0.1) is 13.2 Å². The van der Waals surface area contributed by atoms with Gasteiger partial charge in [-0.3, -0.25) is 14.6 Å². The Hall–Kier alpha value is -2.73. The van der Waals surface area contributed by atoms with Crippen LogP contribution >= 0.6 is 0 Å². The minimum atomic E-state index is -0.449. The Bertz CT molecular complexity index is 779. The van der Waals surface area contributed by atoms with E-state index in [1.54, 1.807) is 18.2 Å². The zero-order valence-electron chi connectivity index (χ0n) is 13.2. The van der Waals surface area contributed by atoms with Gasteiger partial charge in [0, 0.05) is 17.7 Å². The Morgan fingerprint density at radius 3 is 2.88 bits per heavy atom. The summed E-state index contributed by atoms with van der Waals surface area (Å²) in [4.78, 5) is 23.8. The number of rotatable bonds is 4. The highest BCUT2D eigenvalue weighted by molar-refractivity contribution is 5.94. The van der Waals surface area contributed by atoms with Gasteiger partial charge in [-0.05, 0) is 42.3 Å². The summed E-state index contributed by atoms with van der Waals surface area (Å²) in [5, 5.41) is 1.46. The topological polar surface area (TPSA) is 58.6 Å². The number of hydrogen-bond acceptors (Lipinski definition) is 4. The van der Waals surface area contributed by atoms with Crippen LogP contribution in [0.1, 0.15) is 38.7 Å². The number of amides is 1. The number of benzene rings is 2. The van der Waals surface area contributed by atoms with Gasteiger partial charge in [-0.25, -0.2) is 9.82 Å². The quantitative estimate of drug-likeness (QED) is 0.877. The minimum absolute atomic E-state index is 0.159. The maximum Gasteiger partial charge on any atom is 0.268 e. The lowest BCUT2D eigenvalue weighted by atomic mass is 9.99. The third-order valence-electron chi connectivity index (χ3n) is 4.07. The highest BCUT2D eigenvalue weighted by Crippen LogP contribution is 2.28. The Balaban J connectivity index is 1.78. The number of nitrogens with one attached hydrogen (secondary N) is 1. The molecule has 3 rings (SSSR count). The number of nitrogens with zero attached hydrogens (tertiary/aromatic N) is 1. The van der Waals surface area contributed by atoms with E-state index in [0.29, 0.717) is 24.3 Å². The van der Waals surface area contributed by atoms with E-state index in [9.17, 15) is 14.0 Å². The average molecular weight is 328 g/mol. The van der Waals surface area contributed by atoms with Crippen molar-refractivity contribution in [3.8, 4) is 5.75 Å². The van der Waals surface area contributed by atoms with Gasteiger partial charge in [0.2, 0.25) is 0 Å². The van der Waals surface area contributed by atoms with Crippen LogP contribution in [-0.4, -0.2) is 30.9 Å². The Labute approximate surface area is 139 Å². The molecule has 1 unspecified atom stereocenters. The Morgan fingerprint density at radius 2 is 2.17 bits per heavy atom. The third kappa shape index (κ3) is 3.14. The molecule has 2 aromatic carbocycles. The molecule has 124 valence electrons. The molecule has 0 saturated carbocycles. The van der Waals surface area contributed by atoms with Gasteiger partial charge >= 0.3 is 0 Å². The van der Waals surface area contributed by atoms with Crippen molar-refractivity contribution >= 4 is 12.2 Å². The fourth-order valence-electron chi connectivity index (χ4n) is 2.84. The number of aldehydes is 1. The van der Waals surface area contributed by atoms with Gasteiger partial charge in [-0.1, -0.05) is 12.1 Å². The molecule has 1 amide bonds. The van der Waals surface area contributed by atoms with Crippen LogP contribution in [0.2, 0.25) is 0 Å². The summed E-state index contributed by atoms with van der Waals surface area (Å²) in [6.45, 7) is 0.477. The molecule has 2 aromatic rings. The molecule has 1 aliphatic heterocycles. The van der Waals surface area contributed by atoms with E-state index in [-0.39, 0.29) is 17.5 Å². The fraction of sp³-hybridized carbons (Fsp3) is 0.222. The maximum atomic E-state index is 13.3. The van der Waals surface area contributed by atoms with E-state index < -0.39 is 5.82 Å². The van der Waals surface area contributed by atoms with Gasteiger partial charge in [-0.15, -0.1) is 0 Å². The average Bonchev–Trinajstić information content (AvgIpc) is 3.10. The molecule has 0 aromatic heterocycles. The summed E-state index contributed by atoms with van der Waals surface area (Å²) in [5.74, 6) is -0.139. The van der Waals surface area contributed by atoms with Crippen LogP contribution in [0.5, 0.6) is 5.75 Å². The predicted molar refractivity (Wildman–Crippen MR) is 86.3 cm³/mol. The number of halogens is 1. The van der Waals surface area contributed by atoms with Crippen molar-refractivity contribution in [1.29, 1.82) is 0 Å². The van der Waals surface area contributed by atoms with Gasteiger partial charge in [0.25, 0.3) is 5.91 Å². The second-order valence-electron chi connectivity index (χ2n) is 5.55. The summed E-state index contributed by atoms with van der Waals surface area (Å²) in [7, 11) is 1.54. The highest BCUT2D eigenvalue weighted by atomic mass is 19.1. The molecule has 5 nitrogen and oxygen atoms in total. The van der Waals surface area contributed by atoms with E-state index in [2.05, 4.69) is 5.43 Å². The number of carbonyl (C=O) groups is 2. The standard InChI is InChI=1S/C18H17FN2O3/c1-24-15-5-6-16(13(10-15)11-22)17-7-8-21(20-17)18(23)12-3-2-4-14(19)9-12/h2-6,9-11,17,20H,7-8H2,1H3. The number of hydrazine groups is 1. The summed E-state index contributed by atoms with van der Waals surface area (Å²) < 4.78 is 18.4.